The molecule has 0 aliphatic heterocycles. The van der Waals surface area contributed by atoms with Crippen LogP contribution in [0.1, 0.15) is 51.3 Å². The largest absolute Gasteiger partial charge is 0.573 e. The average molecular weight is 462 g/mol. The second-order valence-electron chi connectivity index (χ2n) is 9.94. The van der Waals surface area contributed by atoms with Crippen molar-refractivity contribution >= 4 is 0 Å². The summed E-state index contributed by atoms with van der Waals surface area (Å²) in [6.45, 7) is 9.59. The highest BCUT2D eigenvalue weighted by Crippen LogP contribution is 2.35. The molecule has 0 saturated carbocycles. The third kappa shape index (κ3) is 9.40. The molecular formula is C24H28F6O2. The topological polar surface area (TPSA) is 18.5 Å². The van der Waals surface area contributed by atoms with Crippen LogP contribution in [0.15, 0.2) is 42.5 Å². The van der Waals surface area contributed by atoms with Crippen LogP contribution in [0.25, 0.3) is 0 Å². The number of rotatable bonds is 7. The molecule has 0 aliphatic rings. The molecule has 0 amide bonds. The Hall–Kier alpha value is -2.38. The third-order valence-corrected chi connectivity index (χ3v) is 4.58. The van der Waals surface area contributed by atoms with Crippen LogP contribution in [0.5, 0.6) is 11.5 Å². The van der Waals surface area contributed by atoms with Crippen LogP contribution in [0, 0.1) is 10.8 Å². The van der Waals surface area contributed by atoms with Crippen LogP contribution in [-0.2, 0) is 19.3 Å². The zero-order valence-electron chi connectivity index (χ0n) is 18.7. The molecule has 2 nitrogen and oxygen atoms in total. The molecule has 0 aliphatic carbocycles. The number of hydrogen-bond acceptors (Lipinski definition) is 2. The van der Waals surface area contributed by atoms with Crippen molar-refractivity contribution in [1.82, 2.24) is 0 Å². The second-order valence-corrected chi connectivity index (χ2v) is 9.94. The Labute approximate surface area is 184 Å². The van der Waals surface area contributed by atoms with Gasteiger partial charge in [0.2, 0.25) is 0 Å². The van der Waals surface area contributed by atoms with Crippen molar-refractivity contribution in [2.75, 3.05) is 0 Å². The predicted octanol–water partition coefficient (Wildman–Crippen LogP) is 7.88. The fraction of sp³-hybridized carbons (Fsp3) is 0.500. The lowest BCUT2D eigenvalue weighted by Gasteiger charge is -2.26. The van der Waals surface area contributed by atoms with Crippen molar-refractivity contribution < 1.29 is 35.8 Å². The van der Waals surface area contributed by atoms with Gasteiger partial charge in [0.1, 0.15) is 11.5 Å². The Morgan fingerprint density at radius 2 is 1.22 bits per heavy atom. The molecule has 2 aromatic rings. The molecule has 0 fully saturated rings. The van der Waals surface area contributed by atoms with Gasteiger partial charge in [0.05, 0.1) is 0 Å². The lowest BCUT2D eigenvalue weighted by Crippen LogP contribution is -2.21. The molecule has 32 heavy (non-hydrogen) atoms. The molecule has 0 saturated heterocycles. The van der Waals surface area contributed by atoms with E-state index < -0.39 is 18.1 Å². The summed E-state index contributed by atoms with van der Waals surface area (Å²) in [4.78, 5) is 0. The van der Waals surface area contributed by atoms with Gasteiger partial charge in [-0.1, -0.05) is 58.9 Å². The van der Waals surface area contributed by atoms with Crippen LogP contribution < -0.4 is 9.47 Å². The maximum Gasteiger partial charge on any atom is 0.573 e. The SMILES string of the molecule is CC(C)(C)Cc1ccc(CC(C)(C)Cc2cccc(OC(F)(F)F)c2)cc1OC(F)(F)F. The van der Waals surface area contributed by atoms with E-state index >= 15 is 0 Å². The number of halogens is 6. The molecule has 0 N–H and O–H groups in total. The van der Waals surface area contributed by atoms with E-state index in [9.17, 15) is 26.3 Å². The van der Waals surface area contributed by atoms with Crippen LogP contribution in [0.2, 0.25) is 0 Å². The fourth-order valence-electron chi connectivity index (χ4n) is 3.67. The average Bonchev–Trinajstić information content (AvgIpc) is 2.52. The van der Waals surface area contributed by atoms with E-state index in [-0.39, 0.29) is 16.9 Å². The first-order valence-corrected chi connectivity index (χ1v) is 10.1. The van der Waals surface area contributed by atoms with E-state index in [2.05, 4.69) is 9.47 Å². The highest BCUT2D eigenvalue weighted by molar-refractivity contribution is 5.39. The van der Waals surface area contributed by atoms with E-state index in [0.717, 1.165) is 0 Å². The molecule has 0 bridgehead atoms. The van der Waals surface area contributed by atoms with Gasteiger partial charge in [-0.05, 0) is 65.0 Å². The molecule has 8 heteroatoms. The van der Waals surface area contributed by atoms with Crippen molar-refractivity contribution in [2.24, 2.45) is 10.8 Å². The van der Waals surface area contributed by atoms with Gasteiger partial charge in [-0.2, -0.15) is 0 Å². The summed E-state index contributed by atoms with van der Waals surface area (Å²) < 4.78 is 84.5. The molecule has 0 aromatic heterocycles. The van der Waals surface area contributed by atoms with E-state index in [1.165, 1.54) is 24.3 Å². The number of hydrogen-bond donors (Lipinski definition) is 0. The van der Waals surface area contributed by atoms with Crippen LogP contribution in [0.4, 0.5) is 26.3 Å². The first-order chi connectivity index (χ1) is 14.4. The molecule has 0 atom stereocenters. The van der Waals surface area contributed by atoms with Crippen molar-refractivity contribution in [3.05, 3.63) is 59.2 Å². The van der Waals surface area contributed by atoms with Crippen LogP contribution in [-0.4, -0.2) is 12.7 Å². The molecule has 2 aromatic carbocycles. The fourth-order valence-corrected chi connectivity index (χ4v) is 3.67. The molecule has 178 valence electrons. The maximum atomic E-state index is 13.0. The molecule has 0 spiro atoms. The van der Waals surface area contributed by atoms with Crippen molar-refractivity contribution in [3.8, 4) is 11.5 Å². The first kappa shape index (κ1) is 25.9. The van der Waals surface area contributed by atoms with Gasteiger partial charge in [-0.3, -0.25) is 0 Å². The van der Waals surface area contributed by atoms with Gasteiger partial charge < -0.3 is 9.47 Å². The summed E-state index contributed by atoms with van der Waals surface area (Å²) in [5.74, 6) is -0.528. The highest BCUT2D eigenvalue weighted by atomic mass is 19.4. The number of alkyl halides is 6. The normalized spacial score (nSPS) is 13.2. The summed E-state index contributed by atoms with van der Waals surface area (Å²) in [5, 5.41) is 0. The third-order valence-electron chi connectivity index (χ3n) is 4.58. The first-order valence-electron chi connectivity index (χ1n) is 10.1. The maximum absolute atomic E-state index is 13.0. The minimum atomic E-state index is -4.81. The Morgan fingerprint density at radius 3 is 1.75 bits per heavy atom. The quantitative estimate of drug-likeness (QED) is 0.390. The van der Waals surface area contributed by atoms with Gasteiger partial charge in [0.15, 0.2) is 0 Å². The summed E-state index contributed by atoms with van der Waals surface area (Å²) in [5.41, 5.74) is 1.07. The molecule has 2 rings (SSSR count). The number of benzene rings is 2. The van der Waals surface area contributed by atoms with Gasteiger partial charge in [0, 0.05) is 0 Å². The molecule has 0 radical (unpaired) electrons. The van der Waals surface area contributed by atoms with Gasteiger partial charge in [-0.15, -0.1) is 26.3 Å². The predicted molar refractivity (Wildman–Crippen MR) is 111 cm³/mol. The smallest absolute Gasteiger partial charge is 0.406 e. The minimum Gasteiger partial charge on any atom is -0.406 e. The summed E-state index contributed by atoms with van der Waals surface area (Å²) in [7, 11) is 0. The lowest BCUT2D eigenvalue weighted by atomic mass is 9.79. The lowest BCUT2D eigenvalue weighted by molar-refractivity contribution is -0.275. The van der Waals surface area contributed by atoms with Crippen molar-refractivity contribution in [1.29, 1.82) is 0 Å². The second kappa shape index (κ2) is 9.24. The highest BCUT2D eigenvalue weighted by Gasteiger charge is 2.33. The van der Waals surface area contributed by atoms with E-state index in [1.807, 2.05) is 34.6 Å². The monoisotopic (exact) mass is 462 g/mol. The summed E-state index contributed by atoms with van der Waals surface area (Å²) in [6.07, 6.45) is -8.37. The molecular weight excluding hydrogens is 434 g/mol. The zero-order chi connectivity index (χ0) is 24.4. The van der Waals surface area contributed by atoms with Gasteiger partial charge in [-0.25, -0.2) is 0 Å². The Balaban J connectivity index is 2.23. The Kier molecular flexibility index (Phi) is 7.47. The van der Waals surface area contributed by atoms with Crippen molar-refractivity contribution in [3.63, 3.8) is 0 Å². The van der Waals surface area contributed by atoms with Gasteiger partial charge in [0.25, 0.3) is 0 Å². The zero-order valence-corrected chi connectivity index (χ0v) is 18.7. The number of ether oxygens (including phenoxy) is 2. The Morgan fingerprint density at radius 1 is 0.656 bits per heavy atom. The van der Waals surface area contributed by atoms with E-state index in [4.69, 9.17) is 0 Å². The molecule has 0 unspecified atom stereocenters. The summed E-state index contributed by atoms with van der Waals surface area (Å²) in [6, 6.07) is 10.5. The minimum absolute atomic E-state index is 0.221. The van der Waals surface area contributed by atoms with Crippen molar-refractivity contribution in [2.45, 2.75) is 66.6 Å². The van der Waals surface area contributed by atoms with Crippen LogP contribution >= 0.6 is 0 Å². The van der Waals surface area contributed by atoms with E-state index in [0.29, 0.717) is 36.0 Å². The summed E-state index contributed by atoms with van der Waals surface area (Å²) >= 11 is 0. The Bertz CT molecular complexity index is 908. The van der Waals surface area contributed by atoms with Crippen LogP contribution in [0.3, 0.4) is 0 Å². The molecule has 0 heterocycles. The van der Waals surface area contributed by atoms with Gasteiger partial charge >= 0.3 is 12.7 Å². The van der Waals surface area contributed by atoms with E-state index in [1.54, 1.807) is 18.2 Å². The standard InChI is InChI=1S/C24H28F6O2/c1-21(2,3)15-18-10-9-17(12-20(18)32-24(28,29)30)14-22(4,5)13-16-7-6-8-19(11-16)31-23(25,26)27/h6-12H,13-15H2,1-5H3.